The Balaban J connectivity index is 1.97. The lowest BCUT2D eigenvalue weighted by atomic mass is 9.80. The van der Waals surface area contributed by atoms with E-state index >= 15 is 0 Å². The molecule has 0 aromatic heterocycles. The Morgan fingerprint density at radius 1 is 1.42 bits per heavy atom. The molecule has 104 valence electrons. The van der Waals surface area contributed by atoms with Crippen molar-refractivity contribution in [3.05, 3.63) is 29.3 Å². The number of benzene rings is 1. The van der Waals surface area contributed by atoms with Gasteiger partial charge in [0.2, 0.25) is 0 Å². The molecule has 0 bridgehead atoms. The van der Waals surface area contributed by atoms with Gasteiger partial charge in [0.25, 0.3) is 0 Å². The molecule has 2 unspecified atom stereocenters. The summed E-state index contributed by atoms with van der Waals surface area (Å²) in [6.07, 6.45) is 3.71. The van der Waals surface area contributed by atoms with Crippen molar-refractivity contribution < 1.29 is 9.84 Å². The summed E-state index contributed by atoms with van der Waals surface area (Å²) in [7, 11) is 2.13. The summed E-state index contributed by atoms with van der Waals surface area (Å²) in [6, 6.07) is 6.63. The predicted octanol–water partition coefficient (Wildman–Crippen LogP) is 2.31. The molecule has 1 N–H and O–H groups in total. The van der Waals surface area contributed by atoms with Crippen molar-refractivity contribution in [2.75, 3.05) is 20.2 Å². The van der Waals surface area contributed by atoms with Gasteiger partial charge in [-0.2, -0.15) is 0 Å². The lowest BCUT2D eigenvalue weighted by molar-refractivity contribution is -0.0427. The highest BCUT2D eigenvalue weighted by Crippen LogP contribution is 2.42. The predicted molar refractivity (Wildman–Crippen MR) is 75.5 cm³/mol. The van der Waals surface area contributed by atoms with Gasteiger partial charge in [-0.05, 0) is 45.2 Å². The normalized spacial score (nSPS) is 31.6. The summed E-state index contributed by atoms with van der Waals surface area (Å²) in [6.45, 7) is 3.89. The van der Waals surface area contributed by atoms with Crippen molar-refractivity contribution in [1.82, 2.24) is 4.90 Å². The van der Waals surface area contributed by atoms with E-state index in [1.54, 1.807) is 0 Å². The fourth-order valence-electron chi connectivity index (χ4n) is 3.33. The number of para-hydroxylation sites is 1. The molecular formula is C16H23NO2. The number of aliphatic hydroxyl groups is 1. The minimum absolute atomic E-state index is 0.401. The third-order valence-corrected chi connectivity index (χ3v) is 4.70. The van der Waals surface area contributed by atoms with Gasteiger partial charge >= 0.3 is 0 Å². The SMILES string of the molecule is CC1CC(O)(c2cccc3c2OCCC3)CCN1C. The molecule has 2 heterocycles. The Labute approximate surface area is 115 Å². The van der Waals surface area contributed by atoms with E-state index in [-0.39, 0.29) is 0 Å². The summed E-state index contributed by atoms with van der Waals surface area (Å²) in [4.78, 5) is 2.31. The molecule has 2 aliphatic rings. The highest BCUT2D eigenvalue weighted by molar-refractivity contribution is 5.46. The second-order valence-corrected chi connectivity index (χ2v) is 6.06. The van der Waals surface area contributed by atoms with Crippen molar-refractivity contribution in [3.63, 3.8) is 0 Å². The molecule has 2 aliphatic heterocycles. The average Bonchev–Trinajstić information content (AvgIpc) is 2.43. The number of fused-ring (bicyclic) bond motifs is 1. The first-order valence-corrected chi connectivity index (χ1v) is 7.28. The second-order valence-electron chi connectivity index (χ2n) is 6.06. The lowest BCUT2D eigenvalue weighted by Crippen LogP contribution is -2.46. The van der Waals surface area contributed by atoms with Crippen LogP contribution in [0, 0.1) is 0 Å². The minimum Gasteiger partial charge on any atom is -0.493 e. The minimum atomic E-state index is -0.728. The van der Waals surface area contributed by atoms with Crippen LogP contribution in [0.3, 0.4) is 0 Å². The third-order valence-electron chi connectivity index (χ3n) is 4.70. The van der Waals surface area contributed by atoms with Crippen molar-refractivity contribution in [1.29, 1.82) is 0 Å². The molecule has 1 fully saturated rings. The van der Waals surface area contributed by atoms with Crippen molar-refractivity contribution in [2.45, 2.75) is 44.2 Å². The summed E-state index contributed by atoms with van der Waals surface area (Å²) in [5.41, 5.74) is 1.53. The molecule has 3 heteroatoms. The van der Waals surface area contributed by atoms with Crippen molar-refractivity contribution in [3.8, 4) is 5.75 Å². The number of ether oxygens (including phenoxy) is 1. The van der Waals surface area contributed by atoms with Crippen LogP contribution in [0.1, 0.15) is 37.3 Å². The van der Waals surface area contributed by atoms with Gasteiger partial charge in [-0.15, -0.1) is 0 Å². The zero-order valence-corrected chi connectivity index (χ0v) is 11.9. The molecule has 1 aromatic rings. The monoisotopic (exact) mass is 261 g/mol. The first-order valence-electron chi connectivity index (χ1n) is 7.28. The highest BCUT2D eigenvalue weighted by atomic mass is 16.5. The number of nitrogens with zero attached hydrogens (tertiary/aromatic N) is 1. The molecule has 1 saturated heterocycles. The van der Waals surface area contributed by atoms with E-state index in [0.717, 1.165) is 50.1 Å². The van der Waals surface area contributed by atoms with Gasteiger partial charge in [0.15, 0.2) is 0 Å². The van der Waals surface area contributed by atoms with Gasteiger partial charge in [-0.3, -0.25) is 0 Å². The van der Waals surface area contributed by atoms with E-state index in [1.807, 2.05) is 6.07 Å². The summed E-state index contributed by atoms with van der Waals surface area (Å²) in [5, 5.41) is 11.1. The Bertz CT molecular complexity index is 474. The lowest BCUT2D eigenvalue weighted by Gasteiger charge is -2.42. The van der Waals surface area contributed by atoms with Gasteiger partial charge in [0, 0.05) is 18.2 Å². The molecule has 0 saturated carbocycles. The van der Waals surface area contributed by atoms with Crippen molar-refractivity contribution >= 4 is 0 Å². The number of rotatable bonds is 1. The molecule has 0 aliphatic carbocycles. The molecule has 3 rings (SSSR count). The van der Waals surface area contributed by atoms with Gasteiger partial charge in [0.1, 0.15) is 5.75 Å². The Kier molecular flexibility index (Phi) is 3.27. The van der Waals surface area contributed by atoms with Gasteiger partial charge in [0.05, 0.1) is 12.2 Å². The Morgan fingerprint density at radius 3 is 3.05 bits per heavy atom. The van der Waals surface area contributed by atoms with E-state index in [9.17, 15) is 5.11 Å². The van der Waals surface area contributed by atoms with Crippen LogP contribution in [-0.2, 0) is 12.0 Å². The number of likely N-dealkylation sites (tertiary alicyclic amines) is 1. The first kappa shape index (κ1) is 12.9. The van der Waals surface area contributed by atoms with Crippen LogP contribution in [-0.4, -0.2) is 36.2 Å². The van der Waals surface area contributed by atoms with E-state index in [0.29, 0.717) is 6.04 Å². The number of aryl methyl sites for hydroxylation is 1. The molecule has 3 nitrogen and oxygen atoms in total. The fourth-order valence-corrected chi connectivity index (χ4v) is 3.33. The molecule has 2 atom stereocenters. The van der Waals surface area contributed by atoms with Gasteiger partial charge in [-0.25, -0.2) is 0 Å². The maximum atomic E-state index is 11.1. The first-order chi connectivity index (χ1) is 9.10. The van der Waals surface area contributed by atoms with Crippen LogP contribution in [0.4, 0.5) is 0 Å². The van der Waals surface area contributed by atoms with Crippen LogP contribution in [0.25, 0.3) is 0 Å². The maximum absolute atomic E-state index is 11.1. The van der Waals surface area contributed by atoms with Crippen LogP contribution in [0.5, 0.6) is 5.75 Å². The standard InChI is InChI=1S/C16H23NO2/c1-12-11-16(18,8-9-17(12)2)14-7-3-5-13-6-4-10-19-15(13)14/h3,5,7,12,18H,4,6,8-11H2,1-2H3. The van der Waals surface area contributed by atoms with E-state index < -0.39 is 5.60 Å². The number of piperidine rings is 1. The van der Waals surface area contributed by atoms with Crippen LogP contribution >= 0.6 is 0 Å². The molecular weight excluding hydrogens is 238 g/mol. The summed E-state index contributed by atoms with van der Waals surface area (Å²) < 4.78 is 5.86. The van der Waals surface area contributed by atoms with Crippen molar-refractivity contribution in [2.24, 2.45) is 0 Å². The van der Waals surface area contributed by atoms with Gasteiger partial charge in [-0.1, -0.05) is 18.2 Å². The summed E-state index contributed by atoms with van der Waals surface area (Å²) in [5.74, 6) is 0.952. The van der Waals surface area contributed by atoms with E-state index in [2.05, 4.69) is 31.0 Å². The van der Waals surface area contributed by atoms with Gasteiger partial charge < -0.3 is 14.7 Å². The molecule has 0 radical (unpaired) electrons. The van der Waals surface area contributed by atoms with E-state index in [4.69, 9.17) is 4.74 Å². The zero-order valence-electron chi connectivity index (χ0n) is 11.9. The maximum Gasteiger partial charge on any atom is 0.128 e. The molecule has 1 aromatic carbocycles. The van der Waals surface area contributed by atoms with E-state index in [1.165, 1.54) is 5.56 Å². The smallest absolute Gasteiger partial charge is 0.128 e. The second kappa shape index (κ2) is 4.80. The molecule has 19 heavy (non-hydrogen) atoms. The van der Waals surface area contributed by atoms with Crippen LogP contribution in [0.2, 0.25) is 0 Å². The highest BCUT2D eigenvalue weighted by Gasteiger charge is 2.39. The van der Waals surface area contributed by atoms with Crippen LogP contribution in [0.15, 0.2) is 18.2 Å². The third kappa shape index (κ3) is 2.26. The Hall–Kier alpha value is -1.06. The zero-order chi connectivity index (χ0) is 13.5. The quantitative estimate of drug-likeness (QED) is 0.842. The fraction of sp³-hybridized carbons (Fsp3) is 0.625. The average molecular weight is 261 g/mol. The topological polar surface area (TPSA) is 32.7 Å². The number of hydrogen-bond acceptors (Lipinski definition) is 3. The molecule has 0 spiro atoms. The molecule has 0 amide bonds. The number of hydrogen-bond donors (Lipinski definition) is 1. The largest absolute Gasteiger partial charge is 0.493 e. The van der Waals surface area contributed by atoms with Crippen LogP contribution < -0.4 is 4.74 Å². The summed E-state index contributed by atoms with van der Waals surface area (Å²) >= 11 is 0. The Morgan fingerprint density at radius 2 is 2.26 bits per heavy atom.